The van der Waals surface area contributed by atoms with Gasteiger partial charge in [0.05, 0.1) is 13.8 Å². The van der Waals surface area contributed by atoms with Crippen LogP contribution in [0.2, 0.25) is 0 Å². The highest BCUT2D eigenvalue weighted by atomic mass is 35.5. The Morgan fingerprint density at radius 1 is 1.50 bits per heavy atom. The van der Waals surface area contributed by atoms with Crippen LogP contribution < -0.4 is 0 Å². The second-order valence-corrected chi connectivity index (χ2v) is 1.63. The van der Waals surface area contributed by atoms with Crippen molar-refractivity contribution in [3.63, 3.8) is 0 Å². The van der Waals surface area contributed by atoms with Crippen LogP contribution in [0.5, 0.6) is 0 Å². The minimum atomic E-state index is 0.889. The maximum absolute atomic E-state index is 5.19. The van der Waals surface area contributed by atoms with Crippen molar-refractivity contribution >= 4 is 11.6 Å². The van der Waals surface area contributed by atoms with Gasteiger partial charge in [-0.2, -0.15) is 0 Å². The minimum absolute atomic E-state index is 0.889. The number of rotatable bonds is 0. The average Bonchev–Trinajstić information content (AvgIpc) is 0.811. The van der Waals surface area contributed by atoms with Crippen LogP contribution in [-0.2, 0) is 0 Å². The molecule has 0 N–H and O–H groups in total. The van der Waals surface area contributed by atoms with Crippen LogP contribution in [0, 0.1) is 5.38 Å². The van der Waals surface area contributed by atoms with E-state index in [4.69, 9.17) is 11.6 Å². The zero-order chi connectivity index (χ0) is 3.58. The van der Waals surface area contributed by atoms with E-state index in [0.717, 1.165) is 5.38 Å². The third-order valence-electron chi connectivity index (χ3n) is 0. The summed E-state index contributed by atoms with van der Waals surface area (Å²) in [6.07, 6.45) is 0. The minimum Gasteiger partial charge on any atom is 0.0987 e. The summed E-state index contributed by atoms with van der Waals surface area (Å²) >= 11 is 5.19. The van der Waals surface area contributed by atoms with Crippen LogP contribution >= 0.6 is 11.6 Å². The third kappa shape index (κ3) is 114. The predicted octanol–water partition coefficient (Wildman–Crippen LogP) is 1.80. The van der Waals surface area contributed by atoms with E-state index in [-0.39, 0.29) is 0 Å². The lowest BCUT2D eigenvalue weighted by Crippen LogP contribution is -1.55. The van der Waals surface area contributed by atoms with Gasteiger partial charge in [-0.15, -0.1) is 0 Å². The number of hydrogen-bond donors (Lipinski definition) is 0. The van der Waals surface area contributed by atoms with Gasteiger partial charge in [-0.05, 0) is 0 Å². The van der Waals surface area contributed by atoms with Crippen molar-refractivity contribution < 1.29 is 0 Å². The van der Waals surface area contributed by atoms with E-state index in [0.29, 0.717) is 0 Å². The molecule has 0 aromatic carbocycles. The summed E-state index contributed by atoms with van der Waals surface area (Å²) < 4.78 is 0. The van der Waals surface area contributed by atoms with Crippen LogP contribution in [0.3, 0.4) is 0 Å². The molecule has 1 heteroatoms. The zero-order valence-electron chi connectivity index (χ0n) is 2.88. The molecule has 0 spiro atoms. The Kier molecular flexibility index (Phi) is 1.54. The lowest BCUT2D eigenvalue weighted by Gasteiger charge is -1.58. The molecule has 0 heterocycles. The monoisotopic (exact) mass is 77.0 g/mol. The molecule has 0 atom stereocenters. The Morgan fingerprint density at radius 2 is 1.50 bits per heavy atom. The first-order chi connectivity index (χ1) is 1.73. The van der Waals surface area contributed by atoms with Crippen LogP contribution in [0.4, 0.5) is 0 Å². The smallest absolute Gasteiger partial charge is 0.0987 e. The van der Waals surface area contributed by atoms with Crippen molar-refractivity contribution in [2.24, 2.45) is 0 Å². The standard InChI is InChI=1S/C3H6Cl/c1-3(2)4/h1-2H3/q+1. The molecule has 0 aliphatic rings. The molecule has 0 aromatic rings. The average molecular weight is 77.5 g/mol. The van der Waals surface area contributed by atoms with Gasteiger partial charge in [-0.3, -0.25) is 0 Å². The van der Waals surface area contributed by atoms with E-state index < -0.39 is 0 Å². The van der Waals surface area contributed by atoms with Gasteiger partial charge in [0.2, 0.25) is 0 Å². The van der Waals surface area contributed by atoms with Crippen molar-refractivity contribution in [2.45, 2.75) is 13.8 Å². The SMILES string of the molecule is C[C+](C)Cl. The first kappa shape index (κ1) is 4.16. The molecule has 0 saturated carbocycles. The largest absolute Gasteiger partial charge is 0.193 e. The van der Waals surface area contributed by atoms with Gasteiger partial charge in [-0.1, -0.05) is 0 Å². The lowest BCUT2D eigenvalue weighted by atomic mass is 10.6. The molecule has 0 aliphatic heterocycles. The van der Waals surface area contributed by atoms with Gasteiger partial charge in [0, 0.05) is 0 Å². The summed E-state index contributed by atoms with van der Waals surface area (Å²) in [5.41, 5.74) is 0. The van der Waals surface area contributed by atoms with E-state index in [1.807, 2.05) is 13.8 Å². The fourth-order valence-corrected chi connectivity index (χ4v) is 0. The number of halogens is 1. The van der Waals surface area contributed by atoms with Gasteiger partial charge >= 0.3 is 0 Å². The second kappa shape index (κ2) is 1.48. The Morgan fingerprint density at radius 3 is 1.50 bits per heavy atom. The van der Waals surface area contributed by atoms with Gasteiger partial charge in [-0.25, -0.2) is 0 Å². The Bertz CT molecular complexity index is 8.00. The molecule has 0 aromatic heterocycles. The molecule has 0 aliphatic carbocycles. The fourth-order valence-electron chi connectivity index (χ4n) is 0. The van der Waals surface area contributed by atoms with Crippen LogP contribution in [-0.4, -0.2) is 0 Å². The van der Waals surface area contributed by atoms with E-state index in [2.05, 4.69) is 0 Å². The molecular formula is C3H6Cl+. The summed E-state index contributed by atoms with van der Waals surface area (Å²) in [6, 6.07) is 0. The van der Waals surface area contributed by atoms with Crippen molar-refractivity contribution in [3.8, 4) is 0 Å². The highest BCUT2D eigenvalue weighted by Crippen LogP contribution is 1.97. The summed E-state index contributed by atoms with van der Waals surface area (Å²) in [4.78, 5) is 0. The molecule has 0 radical (unpaired) electrons. The van der Waals surface area contributed by atoms with Gasteiger partial charge in [0.1, 0.15) is 11.6 Å². The topological polar surface area (TPSA) is 0 Å². The Labute approximate surface area is 31.8 Å². The Hall–Kier alpha value is 0.160. The molecule has 0 saturated heterocycles. The van der Waals surface area contributed by atoms with Crippen LogP contribution in [0.25, 0.3) is 0 Å². The first-order valence-electron chi connectivity index (χ1n) is 1.19. The highest BCUT2D eigenvalue weighted by Gasteiger charge is 1.89. The van der Waals surface area contributed by atoms with Crippen LogP contribution in [0.15, 0.2) is 0 Å². The molecule has 4 heavy (non-hydrogen) atoms. The first-order valence-corrected chi connectivity index (χ1v) is 1.57. The maximum Gasteiger partial charge on any atom is 0.193 e. The fraction of sp³-hybridized carbons (Fsp3) is 0.667. The van der Waals surface area contributed by atoms with E-state index in [1.165, 1.54) is 0 Å². The molecule has 0 rings (SSSR count). The van der Waals surface area contributed by atoms with Crippen molar-refractivity contribution in [3.05, 3.63) is 5.38 Å². The second-order valence-electron chi connectivity index (χ2n) is 0.878. The van der Waals surface area contributed by atoms with Crippen molar-refractivity contribution in [2.75, 3.05) is 0 Å². The van der Waals surface area contributed by atoms with E-state index in [9.17, 15) is 0 Å². The third-order valence-corrected chi connectivity index (χ3v) is 0. The van der Waals surface area contributed by atoms with Crippen molar-refractivity contribution in [1.29, 1.82) is 0 Å². The van der Waals surface area contributed by atoms with Gasteiger partial charge in [0.25, 0.3) is 0 Å². The summed E-state index contributed by atoms with van der Waals surface area (Å²) in [5.74, 6) is 0. The quantitative estimate of drug-likeness (QED) is 0.387. The predicted molar refractivity (Wildman–Crippen MR) is 20.4 cm³/mol. The van der Waals surface area contributed by atoms with Crippen molar-refractivity contribution in [1.82, 2.24) is 0 Å². The summed E-state index contributed by atoms with van der Waals surface area (Å²) in [7, 11) is 0. The zero-order valence-corrected chi connectivity index (χ0v) is 3.63. The lowest BCUT2D eigenvalue weighted by molar-refractivity contribution is 1.33. The number of hydrogen-bond acceptors (Lipinski definition) is 0. The Balaban J connectivity index is 2.32. The molecular weight excluding hydrogens is 71.5 g/mol. The molecule has 0 amide bonds. The molecule has 0 unspecified atom stereocenters. The molecule has 0 fully saturated rings. The van der Waals surface area contributed by atoms with Crippen LogP contribution in [0.1, 0.15) is 13.8 Å². The maximum atomic E-state index is 5.19. The molecule has 0 bridgehead atoms. The van der Waals surface area contributed by atoms with E-state index >= 15 is 0 Å². The van der Waals surface area contributed by atoms with Gasteiger partial charge in [0.15, 0.2) is 5.38 Å². The van der Waals surface area contributed by atoms with E-state index in [1.54, 1.807) is 0 Å². The molecule has 0 nitrogen and oxygen atoms in total. The molecule has 24 valence electrons. The summed E-state index contributed by atoms with van der Waals surface area (Å²) in [5, 5.41) is 0.889. The normalized spacial score (nSPS) is 6.75. The summed E-state index contributed by atoms with van der Waals surface area (Å²) in [6.45, 7) is 3.70. The highest BCUT2D eigenvalue weighted by molar-refractivity contribution is 6.26. The van der Waals surface area contributed by atoms with Gasteiger partial charge < -0.3 is 0 Å².